The Kier molecular flexibility index (Phi) is 4.04. The molecule has 0 saturated carbocycles. The van der Waals surface area contributed by atoms with E-state index in [1.165, 1.54) is 0 Å². The molecule has 1 aliphatic rings. The van der Waals surface area contributed by atoms with Crippen LogP contribution in [0.1, 0.15) is 16.7 Å². The minimum absolute atomic E-state index is 0.0304. The summed E-state index contributed by atoms with van der Waals surface area (Å²) in [5.74, 6) is 0. The third-order valence-corrected chi connectivity index (χ3v) is 5.04. The lowest BCUT2D eigenvalue weighted by Crippen LogP contribution is -2.38. The van der Waals surface area contributed by atoms with Crippen molar-refractivity contribution in [1.82, 2.24) is 14.3 Å². The maximum atomic E-state index is 13.2. The number of pyridine rings is 1. The van der Waals surface area contributed by atoms with Crippen LogP contribution in [-0.2, 0) is 11.2 Å². The SMILES string of the molecule is Cc1c(CCN2CCOCC2)c(=O)n2c([nH]c3ccccc32)c1C#N. The van der Waals surface area contributed by atoms with Gasteiger partial charge in [-0.2, -0.15) is 5.26 Å². The lowest BCUT2D eigenvalue weighted by molar-refractivity contribution is 0.0384. The number of fused-ring (bicyclic) bond motifs is 3. The standard InChI is InChI=1S/C19H20N4O2/c1-13-14(6-7-22-8-10-25-11-9-22)19(24)23-17-5-3-2-4-16(17)21-18(23)15(13)12-20/h2-5,21H,6-11H2,1H3. The molecule has 6 heteroatoms. The van der Waals surface area contributed by atoms with Crippen molar-refractivity contribution in [2.45, 2.75) is 13.3 Å². The van der Waals surface area contributed by atoms with Gasteiger partial charge in [-0.3, -0.25) is 14.1 Å². The molecule has 0 amide bonds. The molecule has 25 heavy (non-hydrogen) atoms. The van der Waals surface area contributed by atoms with Crippen LogP contribution in [0.25, 0.3) is 16.7 Å². The molecular formula is C19H20N4O2. The van der Waals surface area contributed by atoms with Gasteiger partial charge in [-0.05, 0) is 31.0 Å². The van der Waals surface area contributed by atoms with Crippen molar-refractivity contribution in [3.63, 3.8) is 0 Å². The van der Waals surface area contributed by atoms with Crippen LogP contribution in [0.5, 0.6) is 0 Å². The van der Waals surface area contributed by atoms with Gasteiger partial charge in [-0.15, -0.1) is 0 Å². The number of nitrogens with zero attached hydrogens (tertiary/aromatic N) is 3. The summed E-state index contributed by atoms with van der Waals surface area (Å²) in [7, 11) is 0. The molecule has 0 radical (unpaired) electrons. The number of para-hydroxylation sites is 2. The highest BCUT2D eigenvalue weighted by molar-refractivity contribution is 5.82. The van der Waals surface area contributed by atoms with Crippen molar-refractivity contribution >= 4 is 16.7 Å². The molecule has 3 aromatic rings. The van der Waals surface area contributed by atoms with E-state index in [1.807, 2.05) is 31.2 Å². The Morgan fingerprint density at radius 2 is 2.04 bits per heavy atom. The summed E-state index contributed by atoms with van der Waals surface area (Å²) in [6, 6.07) is 9.93. The number of ether oxygens (including phenoxy) is 1. The zero-order chi connectivity index (χ0) is 17.4. The van der Waals surface area contributed by atoms with Crippen LogP contribution in [-0.4, -0.2) is 47.1 Å². The van der Waals surface area contributed by atoms with Crippen LogP contribution in [0.3, 0.4) is 0 Å². The fourth-order valence-corrected chi connectivity index (χ4v) is 3.61. The quantitative estimate of drug-likeness (QED) is 0.792. The second-order valence-corrected chi connectivity index (χ2v) is 6.43. The van der Waals surface area contributed by atoms with Gasteiger partial charge < -0.3 is 9.72 Å². The minimum atomic E-state index is -0.0304. The van der Waals surface area contributed by atoms with E-state index in [-0.39, 0.29) is 5.56 Å². The first-order valence-corrected chi connectivity index (χ1v) is 8.56. The lowest BCUT2D eigenvalue weighted by atomic mass is 10.0. The van der Waals surface area contributed by atoms with E-state index in [1.54, 1.807) is 4.40 Å². The van der Waals surface area contributed by atoms with Crippen LogP contribution in [0.15, 0.2) is 29.1 Å². The Labute approximate surface area is 145 Å². The molecule has 0 spiro atoms. The number of hydrogen-bond acceptors (Lipinski definition) is 4. The maximum Gasteiger partial charge on any atom is 0.260 e. The van der Waals surface area contributed by atoms with Crippen LogP contribution in [0, 0.1) is 18.3 Å². The molecule has 4 rings (SSSR count). The van der Waals surface area contributed by atoms with Crippen molar-refractivity contribution in [3.05, 3.63) is 51.3 Å². The topological polar surface area (TPSA) is 73.5 Å². The van der Waals surface area contributed by atoms with E-state index >= 15 is 0 Å². The molecule has 128 valence electrons. The zero-order valence-corrected chi connectivity index (χ0v) is 14.2. The van der Waals surface area contributed by atoms with Gasteiger partial charge in [-0.1, -0.05) is 12.1 Å². The fraction of sp³-hybridized carbons (Fsp3) is 0.368. The monoisotopic (exact) mass is 336 g/mol. The number of aromatic amines is 1. The van der Waals surface area contributed by atoms with E-state index in [0.717, 1.165) is 55.0 Å². The molecule has 1 aromatic carbocycles. The molecular weight excluding hydrogens is 316 g/mol. The Balaban J connectivity index is 1.84. The van der Waals surface area contributed by atoms with E-state index < -0.39 is 0 Å². The predicted molar refractivity (Wildman–Crippen MR) is 95.9 cm³/mol. The number of H-pyrrole nitrogens is 1. The molecule has 2 aromatic heterocycles. The molecule has 1 N–H and O–H groups in total. The van der Waals surface area contributed by atoms with Gasteiger partial charge in [-0.25, -0.2) is 0 Å². The van der Waals surface area contributed by atoms with Crippen molar-refractivity contribution in [2.24, 2.45) is 0 Å². The number of imidazole rings is 1. The van der Waals surface area contributed by atoms with Crippen LogP contribution in [0.4, 0.5) is 0 Å². The largest absolute Gasteiger partial charge is 0.379 e. The first kappa shape index (κ1) is 15.9. The number of nitriles is 1. The summed E-state index contributed by atoms with van der Waals surface area (Å²) < 4.78 is 7.02. The summed E-state index contributed by atoms with van der Waals surface area (Å²) in [5, 5.41) is 9.66. The molecule has 6 nitrogen and oxygen atoms in total. The van der Waals surface area contributed by atoms with Gasteiger partial charge in [0.2, 0.25) is 0 Å². The Bertz CT molecular complexity index is 1040. The smallest absolute Gasteiger partial charge is 0.260 e. The Morgan fingerprint density at radius 3 is 2.80 bits per heavy atom. The Hall–Kier alpha value is -2.62. The highest BCUT2D eigenvalue weighted by Crippen LogP contribution is 2.21. The summed E-state index contributed by atoms with van der Waals surface area (Å²) in [6.07, 6.45) is 0.641. The predicted octanol–water partition coefficient (Wildman–Crippen LogP) is 1.84. The van der Waals surface area contributed by atoms with E-state index in [4.69, 9.17) is 4.74 Å². The molecule has 0 atom stereocenters. The van der Waals surface area contributed by atoms with E-state index in [2.05, 4.69) is 16.0 Å². The number of aromatic nitrogens is 2. The normalized spacial score (nSPS) is 15.7. The van der Waals surface area contributed by atoms with Crippen molar-refractivity contribution in [1.29, 1.82) is 5.26 Å². The van der Waals surface area contributed by atoms with E-state index in [9.17, 15) is 10.1 Å². The second kappa shape index (κ2) is 6.36. The minimum Gasteiger partial charge on any atom is -0.379 e. The van der Waals surface area contributed by atoms with Gasteiger partial charge >= 0.3 is 0 Å². The Morgan fingerprint density at radius 1 is 1.28 bits per heavy atom. The number of hydrogen-bond donors (Lipinski definition) is 1. The summed E-state index contributed by atoms with van der Waals surface area (Å²) in [6.45, 7) is 5.94. The fourth-order valence-electron chi connectivity index (χ4n) is 3.61. The molecule has 1 saturated heterocycles. The lowest BCUT2D eigenvalue weighted by Gasteiger charge is -2.26. The highest BCUT2D eigenvalue weighted by atomic mass is 16.5. The average molecular weight is 336 g/mol. The number of nitrogens with one attached hydrogen (secondary N) is 1. The van der Waals surface area contributed by atoms with Gasteiger partial charge in [0, 0.05) is 25.2 Å². The summed E-state index contributed by atoms with van der Waals surface area (Å²) in [4.78, 5) is 18.7. The number of benzene rings is 1. The molecule has 3 heterocycles. The van der Waals surface area contributed by atoms with Gasteiger partial charge in [0.05, 0.1) is 29.8 Å². The molecule has 0 bridgehead atoms. The van der Waals surface area contributed by atoms with Gasteiger partial charge in [0.1, 0.15) is 11.7 Å². The molecule has 1 fully saturated rings. The zero-order valence-electron chi connectivity index (χ0n) is 14.2. The van der Waals surface area contributed by atoms with E-state index in [0.29, 0.717) is 17.6 Å². The van der Waals surface area contributed by atoms with Gasteiger partial charge in [0.25, 0.3) is 5.56 Å². The average Bonchev–Trinajstić information content (AvgIpc) is 3.02. The molecule has 1 aliphatic heterocycles. The van der Waals surface area contributed by atoms with Crippen LogP contribution in [0.2, 0.25) is 0 Å². The van der Waals surface area contributed by atoms with Crippen LogP contribution >= 0.6 is 0 Å². The van der Waals surface area contributed by atoms with Crippen molar-refractivity contribution in [2.75, 3.05) is 32.8 Å². The number of morpholine rings is 1. The highest BCUT2D eigenvalue weighted by Gasteiger charge is 2.19. The van der Waals surface area contributed by atoms with Crippen LogP contribution < -0.4 is 5.56 Å². The molecule has 0 unspecified atom stereocenters. The first-order valence-electron chi connectivity index (χ1n) is 8.56. The maximum absolute atomic E-state index is 13.2. The first-order chi connectivity index (χ1) is 12.2. The third-order valence-electron chi connectivity index (χ3n) is 5.04. The molecule has 0 aliphatic carbocycles. The van der Waals surface area contributed by atoms with Crippen molar-refractivity contribution in [3.8, 4) is 6.07 Å². The number of rotatable bonds is 3. The summed E-state index contributed by atoms with van der Waals surface area (Å²) in [5.41, 5.74) is 4.29. The summed E-state index contributed by atoms with van der Waals surface area (Å²) >= 11 is 0. The third kappa shape index (κ3) is 2.62. The van der Waals surface area contributed by atoms with Gasteiger partial charge in [0.15, 0.2) is 0 Å². The van der Waals surface area contributed by atoms with Crippen molar-refractivity contribution < 1.29 is 4.74 Å². The second-order valence-electron chi connectivity index (χ2n) is 6.43.